The molecule has 10 heteroatoms. The zero-order valence-corrected chi connectivity index (χ0v) is 20.8. The molecule has 0 unspecified atom stereocenters. The van der Waals surface area contributed by atoms with E-state index in [2.05, 4.69) is 20.3 Å². The van der Waals surface area contributed by atoms with Crippen LogP contribution in [0.15, 0.2) is 52.6 Å². The van der Waals surface area contributed by atoms with Crippen LogP contribution < -0.4 is 20.3 Å². The number of thiazole rings is 1. The Kier molecular flexibility index (Phi) is 7.42. The van der Waals surface area contributed by atoms with E-state index in [-0.39, 0.29) is 24.1 Å². The number of methoxy groups -OCH3 is 2. The van der Waals surface area contributed by atoms with Gasteiger partial charge in [0, 0.05) is 23.1 Å². The number of anilines is 1. The first-order valence-corrected chi connectivity index (χ1v) is 12.0. The number of nitrogens with zero attached hydrogens (tertiary/aromatic N) is 3. The number of aromatic amines is 1. The van der Waals surface area contributed by atoms with Gasteiger partial charge in [-0.1, -0.05) is 12.1 Å². The van der Waals surface area contributed by atoms with E-state index in [1.54, 1.807) is 38.5 Å². The third-order valence-corrected chi connectivity index (χ3v) is 6.28. The quantitative estimate of drug-likeness (QED) is 0.364. The lowest BCUT2D eigenvalue weighted by atomic mass is 10.1. The van der Waals surface area contributed by atoms with E-state index in [0.717, 1.165) is 5.56 Å². The minimum Gasteiger partial charge on any atom is -0.497 e. The van der Waals surface area contributed by atoms with Crippen molar-refractivity contribution in [2.45, 2.75) is 26.4 Å². The zero-order valence-electron chi connectivity index (χ0n) is 20.0. The fraction of sp³-hybridized carbons (Fsp3) is 0.280. The van der Waals surface area contributed by atoms with Crippen molar-refractivity contribution in [2.75, 3.05) is 26.1 Å². The molecule has 2 heterocycles. The van der Waals surface area contributed by atoms with Crippen LogP contribution in [0.5, 0.6) is 11.5 Å². The Hall–Kier alpha value is -3.76. The summed E-state index contributed by atoms with van der Waals surface area (Å²) >= 11 is 1.34. The Morgan fingerprint density at radius 3 is 2.69 bits per heavy atom. The monoisotopic (exact) mass is 493 g/mol. The summed E-state index contributed by atoms with van der Waals surface area (Å²) in [7, 11) is 3.19. The largest absolute Gasteiger partial charge is 0.497 e. The maximum atomic E-state index is 12.8. The molecule has 2 N–H and O–H groups in total. The normalized spacial score (nSPS) is 11.3. The second kappa shape index (κ2) is 10.7. The summed E-state index contributed by atoms with van der Waals surface area (Å²) in [6, 6.07) is 12.7. The second-order valence-electron chi connectivity index (χ2n) is 8.18. The fourth-order valence-electron chi connectivity index (χ4n) is 3.63. The molecule has 4 aromatic rings. The Labute approximate surface area is 206 Å². The number of carbonyl (C=O) groups excluding carboxylic acids is 1. The number of ether oxygens (including phenoxy) is 2. The van der Waals surface area contributed by atoms with E-state index in [1.165, 1.54) is 11.3 Å². The molecule has 35 heavy (non-hydrogen) atoms. The molecule has 0 spiro atoms. The van der Waals surface area contributed by atoms with E-state index >= 15 is 0 Å². The van der Waals surface area contributed by atoms with Crippen molar-refractivity contribution in [3.8, 4) is 22.8 Å². The van der Waals surface area contributed by atoms with Gasteiger partial charge in [0.2, 0.25) is 5.91 Å². The molecule has 2 aromatic carbocycles. The standard InChI is InChI=1S/C25H27N5O4S/c1-15(2)30(12-22-26-19-8-6-5-7-18(19)24(32)28-22)13-23(31)29-25-27-20(14-35-25)17-10-9-16(33-3)11-21(17)34-4/h5-11,14-15H,12-13H2,1-4H3,(H,26,28,32)(H,27,29,31). The van der Waals surface area contributed by atoms with Crippen LogP contribution >= 0.6 is 11.3 Å². The Balaban J connectivity index is 1.45. The maximum Gasteiger partial charge on any atom is 0.258 e. The van der Waals surface area contributed by atoms with Gasteiger partial charge >= 0.3 is 0 Å². The summed E-state index contributed by atoms with van der Waals surface area (Å²) in [5.41, 5.74) is 1.94. The topological polar surface area (TPSA) is 109 Å². The summed E-state index contributed by atoms with van der Waals surface area (Å²) in [6.45, 7) is 4.43. The summed E-state index contributed by atoms with van der Waals surface area (Å²) in [5, 5.41) is 5.77. The minimum atomic E-state index is -0.204. The minimum absolute atomic E-state index is 0.0490. The predicted octanol–water partition coefficient (Wildman–Crippen LogP) is 3.91. The van der Waals surface area contributed by atoms with Gasteiger partial charge in [-0.3, -0.25) is 14.5 Å². The van der Waals surface area contributed by atoms with E-state index in [0.29, 0.717) is 45.6 Å². The number of para-hydroxylation sites is 1. The molecule has 0 aliphatic carbocycles. The highest BCUT2D eigenvalue weighted by Gasteiger charge is 2.18. The first kappa shape index (κ1) is 24.4. The van der Waals surface area contributed by atoms with Crippen molar-refractivity contribution in [3.05, 3.63) is 64.0 Å². The summed E-state index contributed by atoms with van der Waals surface area (Å²) in [5.74, 6) is 1.63. The number of rotatable bonds is 9. The molecule has 182 valence electrons. The number of hydrogen-bond donors (Lipinski definition) is 2. The van der Waals surface area contributed by atoms with Crippen LogP contribution in [0.4, 0.5) is 5.13 Å². The number of amides is 1. The SMILES string of the molecule is COc1ccc(-c2csc(NC(=O)CN(Cc3nc4ccccc4c(=O)[nH]3)C(C)C)n2)c(OC)c1. The van der Waals surface area contributed by atoms with Gasteiger partial charge in [-0.05, 0) is 38.1 Å². The Bertz CT molecular complexity index is 1400. The molecule has 0 saturated heterocycles. The van der Waals surface area contributed by atoms with Crippen LogP contribution in [0.2, 0.25) is 0 Å². The van der Waals surface area contributed by atoms with Crippen LogP contribution in [0.3, 0.4) is 0 Å². The molecule has 0 fully saturated rings. The number of benzene rings is 2. The molecule has 0 radical (unpaired) electrons. The molecule has 0 bridgehead atoms. The third-order valence-electron chi connectivity index (χ3n) is 5.53. The van der Waals surface area contributed by atoms with Crippen molar-refractivity contribution in [2.24, 2.45) is 0 Å². The van der Waals surface area contributed by atoms with Gasteiger partial charge < -0.3 is 19.8 Å². The van der Waals surface area contributed by atoms with Crippen LogP contribution in [0.25, 0.3) is 22.2 Å². The van der Waals surface area contributed by atoms with Crippen LogP contribution in [-0.2, 0) is 11.3 Å². The van der Waals surface area contributed by atoms with Crippen molar-refractivity contribution < 1.29 is 14.3 Å². The van der Waals surface area contributed by atoms with Crippen LogP contribution in [0, 0.1) is 0 Å². The van der Waals surface area contributed by atoms with Gasteiger partial charge in [0.05, 0.1) is 43.9 Å². The molecule has 1 amide bonds. The van der Waals surface area contributed by atoms with Crippen LogP contribution in [-0.4, -0.2) is 52.6 Å². The Morgan fingerprint density at radius 2 is 1.94 bits per heavy atom. The molecule has 9 nitrogen and oxygen atoms in total. The summed E-state index contributed by atoms with van der Waals surface area (Å²) in [6.07, 6.45) is 0. The maximum absolute atomic E-state index is 12.8. The smallest absolute Gasteiger partial charge is 0.258 e. The molecule has 0 saturated carbocycles. The van der Waals surface area contributed by atoms with Gasteiger partial charge in [0.15, 0.2) is 5.13 Å². The average Bonchev–Trinajstić information content (AvgIpc) is 3.31. The highest BCUT2D eigenvalue weighted by Crippen LogP contribution is 2.34. The molecule has 0 aliphatic rings. The molecular weight excluding hydrogens is 466 g/mol. The molecule has 4 rings (SSSR count). The first-order chi connectivity index (χ1) is 16.9. The number of hydrogen-bond acceptors (Lipinski definition) is 8. The van der Waals surface area contributed by atoms with Gasteiger partial charge in [-0.15, -0.1) is 11.3 Å². The first-order valence-electron chi connectivity index (χ1n) is 11.1. The molecule has 0 atom stereocenters. The van der Waals surface area contributed by atoms with Crippen molar-refractivity contribution in [1.29, 1.82) is 0 Å². The number of carbonyl (C=O) groups is 1. The molecule has 2 aromatic heterocycles. The van der Waals surface area contributed by atoms with Crippen molar-refractivity contribution >= 4 is 33.3 Å². The van der Waals surface area contributed by atoms with Gasteiger partial charge in [0.1, 0.15) is 17.3 Å². The van der Waals surface area contributed by atoms with Gasteiger partial charge in [-0.25, -0.2) is 9.97 Å². The molecular formula is C25H27N5O4S. The Morgan fingerprint density at radius 1 is 1.14 bits per heavy atom. The van der Waals surface area contributed by atoms with Gasteiger partial charge in [0.25, 0.3) is 5.56 Å². The lowest BCUT2D eigenvalue weighted by Crippen LogP contribution is -2.38. The average molecular weight is 494 g/mol. The second-order valence-corrected chi connectivity index (χ2v) is 9.04. The number of fused-ring (bicyclic) bond motifs is 1. The van der Waals surface area contributed by atoms with Crippen molar-refractivity contribution in [1.82, 2.24) is 19.9 Å². The highest BCUT2D eigenvalue weighted by molar-refractivity contribution is 7.14. The van der Waals surface area contributed by atoms with Gasteiger partial charge in [-0.2, -0.15) is 0 Å². The van der Waals surface area contributed by atoms with E-state index < -0.39 is 0 Å². The zero-order chi connectivity index (χ0) is 24.9. The lowest BCUT2D eigenvalue weighted by Gasteiger charge is -2.25. The highest BCUT2D eigenvalue weighted by atomic mass is 32.1. The van der Waals surface area contributed by atoms with Crippen LogP contribution in [0.1, 0.15) is 19.7 Å². The number of H-pyrrole nitrogens is 1. The summed E-state index contributed by atoms with van der Waals surface area (Å²) < 4.78 is 10.7. The fourth-order valence-corrected chi connectivity index (χ4v) is 4.36. The lowest BCUT2D eigenvalue weighted by molar-refractivity contribution is -0.117. The van der Waals surface area contributed by atoms with Crippen molar-refractivity contribution in [3.63, 3.8) is 0 Å². The number of nitrogens with one attached hydrogen (secondary N) is 2. The van der Waals surface area contributed by atoms with E-state index in [1.807, 2.05) is 42.3 Å². The predicted molar refractivity (Wildman–Crippen MR) is 137 cm³/mol. The molecule has 0 aliphatic heterocycles. The third kappa shape index (κ3) is 5.67. The van der Waals surface area contributed by atoms with E-state index in [4.69, 9.17) is 9.47 Å². The van der Waals surface area contributed by atoms with E-state index in [9.17, 15) is 9.59 Å². The number of aromatic nitrogens is 3. The summed E-state index contributed by atoms with van der Waals surface area (Å²) in [4.78, 5) is 39.1.